The summed E-state index contributed by atoms with van der Waals surface area (Å²) in [5.41, 5.74) is 0.408. The molecule has 1 saturated heterocycles. The maximum atomic E-state index is 11.0. The smallest absolute Gasteiger partial charge is 0.333 e. The summed E-state index contributed by atoms with van der Waals surface area (Å²) in [5.74, 6) is -0.775. The third-order valence-corrected chi connectivity index (χ3v) is 2.40. The van der Waals surface area contributed by atoms with Crippen LogP contribution in [0.15, 0.2) is 24.8 Å². The molecular formula is C15H24O6. The van der Waals surface area contributed by atoms with Gasteiger partial charge in [0.2, 0.25) is 0 Å². The summed E-state index contributed by atoms with van der Waals surface area (Å²) in [6, 6.07) is 0. The molecule has 1 atom stereocenters. The third-order valence-electron chi connectivity index (χ3n) is 2.40. The molecule has 120 valence electrons. The van der Waals surface area contributed by atoms with E-state index in [0.717, 1.165) is 12.8 Å². The van der Waals surface area contributed by atoms with Gasteiger partial charge < -0.3 is 19.3 Å². The van der Waals surface area contributed by atoms with Crippen molar-refractivity contribution >= 4 is 11.9 Å². The molecule has 1 rings (SSSR count). The van der Waals surface area contributed by atoms with Crippen LogP contribution in [0, 0.1) is 0 Å². The van der Waals surface area contributed by atoms with Crippen molar-refractivity contribution in [3.05, 3.63) is 24.8 Å². The maximum absolute atomic E-state index is 11.0. The van der Waals surface area contributed by atoms with E-state index in [1.165, 1.54) is 6.08 Å². The number of esters is 2. The van der Waals surface area contributed by atoms with Crippen LogP contribution < -0.4 is 0 Å². The molecule has 1 N–H and O–H groups in total. The third kappa shape index (κ3) is 11.8. The number of aliphatic hydroxyl groups excluding tert-OH is 1. The lowest BCUT2D eigenvalue weighted by Gasteiger charge is -2.03. The van der Waals surface area contributed by atoms with E-state index < -0.39 is 5.97 Å². The highest BCUT2D eigenvalue weighted by atomic mass is 16.6. The monoisotopic (exact) mass is 300 g/mol. The fraction of sp³-hybridized carbons (Fsp3) is 0.600. The molecule has 0 bridgehead atoms. The summed E-state index contributed by atoms with van der Waals surface area (Å²) in [7, 11) is 0. The predicted molar refractivity (Wildman–Crippen MR) is 77.6 cm³/mol. The van der Waals surface area contributed by atoms with E-state index in [1.54, 1.807) is 0 Å². The first-order valence-corrected chi connectivity index (χ1v) is 6.91. The van der Waals surface area contributed by atoms with Crippen molar-refractivity contribution in [3.8, 4) is 0 Å². The van der Waals surface area contributed by atoms with E-state index in [2.05, 4.69) is 22.6 Å². The van der Waals surface area contributed by atoms with E-state index >= 15 is 0 Å². The molecule has 6 heteroatoms. The second-order valence-electron chi connectivity index (χ2n) is 4.35. The number of carbonyl (C=O) groups excluding carboxylic acids is 2. The molecule has 21 heavy (non-hydrogen) atoms. The summed E-state index contributed by atoms with van der Waals surface area (Å²) in [6.07, 6.45) is 3.84. The molecule has 1 unspecified atom stereocenters. The zero-order valence-electron chi connectivity index (χ0n) is 12.5. The van der Waals surface area contributed by atoms with Gasteiger partial charge in [-0.15, -0.1) is 0 Å². The standard InChI is InChI=1S/C8H12O4.C7H12O2/c1-6(4-7-5-12-7)8(10)11-3-2-9;1-3-5-6-9-7(8)4-2/h7,9H,1-5H2;4H,2-3,5-6H2,1H3. The van der Waals surface area contributed by atoms with Crippen LogP contribution in [-0.4, -0.2) is 49.6 Å². The van der Waals surface area contributed by atoms with Crippen LogP contribution in [0.1, 0.15) is 26.2 Å². The second-order valence-corrected chi connectivity index (χ2v) is 4.35. The maximum Gasteiger partial charge on any atom is 0.333 e. The van der Waals surface area contributed by atoms with E-state index in [9.17, 15) is 9.59 Å². The van der Waals surface area contributed by atoms with Crippen molar-refractivity contribution in [1.82, 2.24) is 0 Å². The van der Waals surface area contributed by atoms with E-state index in [1.807, 2.05) is 6.92 Å². The highest BCUT2D eigenvalue weighted by Crippen LogP contribution is 2.18. The second kappa shape index (κ2) is 12.1. The predicted octanol–water partition coefficient (Wildman–Crippen LogP) is 1.38. The summed E-state index contributed by atoms with van der Waals surface area (Å²) in [5, 5.41) is 8.36. The molecular weight excluding hydrogens is 276 g/mol. The number of rotatable bonds is 9. The Hall–Kier alpha value is -1.66. The Labute approximate surface area is 125 Å². The molecule has 0 radical (unpaired) electrons. The number of epoxide rings is 1. The molecule has 1 aliphatic heterocycles. The van der Waals surface area contributed by atoms with Gasteiger partial charge in [0.15, 0.2) is 0 Å². The number of unbranched alkanes of at least 4 members (excludes halogenated alkanes) is 1. The van der Waals surface area contributed by atoms with Crippen molar-refractivity contribution in [1.29, 1.82) is 0 Å². The number of hydrogen-bond donors (Lipinski definition) is 1. The molecule has 1 fully saturated rings. The average Bonchev–Trinajstić information content (AvgIpc) is 3.29. The summed E-state index contributed by atoms with van der Waals surface area (Å²) in [4.78, 5) is 21.3. The van der Waals surface area contributed by atoms with Crippen LogP contribution in [0.3, 0.4) is 0 Å². The lowest BCUT2D eigenvalue weighted by atomic mass is 10.2. The van der Waals surface area contributed by atoms with E-state index in [4.69, 9.17) is 9.84 Å². The van der Waals surface area contributed by atoms with Gasteiger partial charge >= 0.3 is 11.9 Å². The fourth-order valence-corrected chi connectivity index (χ4v) is 1.16. The van der Waals surface area contributed by atoms with Crippen LogP contribution in [0.2, 0.25) is 0 Å². The van der Waals surface area contributed by atoms with Gasteiger partial charge in [-0.3, -0.25) is 0 Å². The first-order chi connectivity index (χ1) is 10.0. The van der Waals surface area contributed by atoms with Crippen LogP contribution in [0.5, 0.6) is 0 Å². The van der Waals surface area contributed by atoms with E-state index in [0.29, 0.717) is 25.2 Å². The normalized spacial score (nSPS) is 15.2. The molecule has 0 saturated carbocycles. The van der Waals surface area contributed by atoms with Crippen LogP contribution in [0.25, 0.3) is 0 Å². The van der Waals surface area contributed by atoms with Gasteiger partial charge in [-0.1, -0.05) is 26.5 Å². The van der Waals surface area contributed by atoms with Crippen LogP contribution in [-0.2, 0) is 23.8 Å². The minimum Gasteiger partial charge on any atom is -0.463 e. The van der Waals surface area contributed by atoms with E-state index in [-0.39, 0.29) is 25.3 Å². The number of carbonyl (C=O) groups is 2. The number of aliphatic hydroxyl groups is 1. The van der Waals surface area contributed by atoms with Gasteiger partial charge in [0.1, 0.15) is 6.61 Å². The van der Waals surface area contributed by atoms with Gasteiger partial charge in [-0.2, -0.15) is 0 Å². The topological polar surface area (TPSA) is 85.4 Å². The number of hydrogen-bond acceptors (Lipinski definition) is 6. The average molecular weight is 300 g/mol. The minimum atomic E-state index is -0.445. The summed E-state index contributed by atoms with van der Waals surface area (Å²) in [6.45, 7) is 9.95. The summed E-state index contributed by atoms with van der Waals surface area (Å²) < 4.78 is 14.2. The zero-order valence-corrected chi connectivity index (χ0v) is 12.5. The highest BCUT2D eigenvalue weighted by molar-refractivity contribution is 5.87. The Balaban J connectivity index is 0.000000400. The molecule has 0 amide bonds. The first-order valence-electron chi connectivity index (χ1n) is 6.91. The lowest BCUT2D eigenvalue weighted by Crippen LogP contribution is -2.11. The molecule has 0 aromatic heterocycles. The Morgan fingerprint density at radius 1 is 1.38 bits per heavy atom. The highest BCUT2D eigenvalue weighted by Gasteiger charge is 2.25. The van der Waals surface area contributed by atoms with Crippen molar-refractivity contribution in [2.75, 3.05) is 26.4 Å². The SMILES string of the molecule is C=C(CC1CO1)C(=O)OCCO.C=CC(=O)OCCCC. The van der Waals surface area contributed by atoms with Gasteiger partial charge in [0, 0.05) is 18.1 Å². The van der Waals surface area contributed by atoms with Crippen LogP contribution in [0.4, 0.5) is 0 Å². The largest absolute Gasteiger partial charge is 0.463 e. The Morgan fingerprint density at radius 3 is 2.52 bits per heavy atom. The minimum absolute atomic E-state index is 0.0311. The van der Waals surface area contributed by atoms with Gasteiger partial charge in [-0.05, 0) is 6.42 Å². The lowest BCUT2D eigenvalue weighted by molar-refractivity contribution is -0.140. The van der Waals surface area contributed by atoms with Gasteiger partial charge in [-0.25, -0.2) is 9.59 Å². The molecule has 1 aliphatic rings. The first kappa shape index (κ1) is 19.3. The molecule has 6 nitrogen and oxygen atoms in total. The molecule has 0 aliphatic carbocycles. The zero-order chi connectivity index (χ0) is 16.1. The molecule has 0 aromatic rings. The Bertz CT molecular complexity index is 346. The Morgan fingerprint density at radius 2 is 2.05 bits per heavy atom. The van der Waals surface area contributed by atoms with Gasteiger partial charge in [0.05, 0.1) is 25.9 Å². The van der Waals surface area contributed by atoms with Crippen molar-refractivity contribution in [2.24, 2.45) is 0 Å². The fourth-order valence-electron chi connectivity index (χ4n) is 1.16. The quantitative estimate of drug-likeness (QED) is 0.300. The number of ether oxygens (including phenoxy) is 3. The van der Waals surface area contributed by atoms with Crippen LogP contribution >= 0.6 is 0 Å². The summed E-state index contributed by atoms with van der Waals surface area (Å²) >= 11 is 0. The van der Waals surface area contributed by atoms with Crippen molar-refractivity contribution < 1.29 is 28.9 Å². The van der Waals surface area contributed by atoms with Crippen molar-refractivity contribution in [2.45, 2.75) is 32.3 Å². The molecule has 0 aromatic carbocycles. The molecule has 1 heterocycles. The van der Waals surface area contributed by atoms with Gasteiger partial charge in [0.25, 0.3) is 0 Å². The van der Waals surface area contributed by atoms with Crippen molar-refractivity contribution in [3.63, 3.8) is 0 Å². The Kier molecular flexibility index (Phi) is 11.2. The molecule has 0 spiro atoms.